The Morgan fingerprint density at radius 1 is 1.00 bits per heavy atom. The molecule has 5 aliphatic rings. The van der Waals surface area contributed by atoms with Gasteiger partial charge in [-0.1, -0.05) is 6.92 Å². The molecule has 0 spiro atoms. The normalized spacial score (nSPS) is 54.2. The van der Waals surface area contributed by atoms with Gasteiger partial charge in [-0.3, -0.25) is 4.90 Å². The molecule has 0 aromatic carbocycles. The van der Waals surface area contributed by atoms with E-state index in [0.717, 1.165) is 11.8 Å². The minimum atomic E-state index is 0.626. The van der Waals surface area contributed by atoms with Crippen LogP contribution < -0.4 is 5.32 Å². The molecule has 96 valence electrons. The van der Waals surface area contributed by atoms with Gasteiger partial charge in [-0.05, 0) is 55.8 Å². The average Bonchev–Trinajstić information content (AvgIpc) is 2.27. The van der Waals surface area contributed by atoms with Crippen LogP contribution in [0.25, 0.3) is 0 Å². The third kappa shape index (κ3) is 1.60. The topological polar surface area (TPSA) is 15.3 Å². The molecule has 2 heteroatoms. The summed E-state index contributed by atoms with van der Waals surface area (Å²) in [6.45, 7) is 7.62. The van der Waals surface area contributed by atoms with Crippen molar-refractivity contribution in [1.82, 2.24) is 10.2 Å². The molecule has 5 rings (SSSR count). The van der Waals surface area contributed by atoms with E-state index in [4.69, 9.17) is 0 Å². The van der Waals surface area contributed by atoms with E-state index < -0.39 is 0 Å². The maximum absolute atomic E-state index is 3.51. The van der Waals surface area contributed by atoms with Gasteiger partial charge in [-0.25, -0.2) is 0 Å². The number of hydrogen-bond donors (Lipinski definition) is 1. The summed E-state index contributed by atoms with van der Waals surface area (Å²) in [6, 6.07) is 0. The third-order valence-corrected chi connectivity index (χ3v) is 6.11. The molecule has 1 saturated heterocycles. The van der Waals surface area contributed by atoms with Crippen LogP contribution in [0.2, 0.25) is 0 Å². The van der Waals surface area contributed by atoms with Gasteiger partial charge in [0.15, 0.2) is 0 Å². The Hall–Kier alpha value is -0.0800. The number of rotatable bonds is 1. The molecule has 1 N–H and O–H groups in total. The van der Waals surface area contributed by atoms with Gasteiger partial charge >= 0.3 is 0 Å². The fourth-order valence-corrected chi connectivity index (χ4v) is 6.18. The lowest BCUT2D eigenvalue weighted by Crippen LogP contribution is -2.65. The van der Waals surface area contributed by atoms with Crippen molar-refractivity contribution in [2.75, 3.05) is 26.2 Å². The van der Waals surface area contributed by atoms with Crippen molar-refractivity contribution in [2.24, 2.45) is 17.3 Å². The molecule has 5 fully saturated rings. The molecule has 1 aliphatic heterocycles. The average molecular weight is 234 g/mol. The van der Waals surface area contributed by atoms with E-state index in [0.29, 0.717) is 11.0 Å². The summed E-state index contributed by atoms with van der Waals surface area (Å²) in [6.07, 6.45) is 9.20. The summed E-state index contributed by atoms with van der Waals surface area (Å²) < 4.78 is 0. The van der Waals surface area contributed by atoms with E-state index in [1.165, 1.54) is 58.3 Å². The highest BCUT2D eigenvalue weighted by molar-refractivity contribution is 5.11. The fraction of sp³-hybridized carbons (Fsp3) is 1.00. The van der Waals surface area contributed by atoms with Gasteiger partial charge in [0.05, 0.1) is 0 Å². The Bertz CT molecular complexity index is 305. The van der Waals surface area contributed by atoms with Crippen LogP contribution in [0.15, 0.2) is 0 Å². The van der Waals surface area contributed by atoms with Crippen molar-refractivity contribution in [3.05, 3.63) is 0 Å². The zero-order valence-corrected chi connectivity index (χ0v) is 11.2. The molecule has 2 nitrogen and oxygen atoms in total. The quantitative estimate of drug-likeness (QED) is 0.748. The smallest absolute Gasteiger partial charge is 0.0221 e. The van der Waals surface area contributed by atoms with E-state index in [9.17, 15) is 0 Å². The number of hydrogen-bond acceptors (Lipinski definition) is 2. The maximum Gasteiger partial charge on any atom is 0.0221 e. The summed E-state index contributed by atoms with van der Waals surface area (Å²) >= 11 is 0. The van der Waals surface area contributed by atoms with Crippen LogP contribution in [-0.2, 0) is 0 Å². The highest BCUT2D eigenvalue weighted by Crippen LogP contribution is 2.63. The van der Waals surface area contributed by atoms with Gasteiger partial charge in [-0.15, -0.1) is 0 Å². The van der Waals surface area contributed by atoms with Crippen LogP contribution in [0, 0.1) is 17.3 Å². The second-order valence-electron chi connectivity index (χ2n) is 7.73. The van der Waals surface area contributed by atoms with Crippen molar-refractivity contribution in [2.45, 2.75) is 51.0 Å². The number of piperazine rings is 1. The van der Waals surface area contributed by atoms with Crippen LogP contribution in [0.5, 0.6) is 0 Å². The second kappa shape index (κ2) is 3.48. The molecule has 0 unspecified atom stereocenters. The summed E-state index contributed by atoms with van der Waals surface area (Å²) in [4.78, 5) is 2.87. The molecule has 0 aromatic heterocycles. The summed E-state index contributed by atoms with van der Waals surface area (Å²) in [7, 11) is 0. The summed E-state index contributed by atoms with van der Waals surface area (Å²) in [5, 5.41) is 3.51. The highest BCUT2D eigenvalue weighted by Gasteiger charge is 2.57. The Labute approximate surface area is 105 Å². The van der Waals surface area contributed by atoms with E-state index in [1.807, 2.05) is 0 Å². The Kier molecular flexibility index (Phi) is 2.21. The molecule has 4 aliphatic carbocycles. The number of nitrogens with one attached hydrogen (secondary N) is 1. The first-order chi connectivity index (χ1) is 8.18. The molecule has 1 heterocycles. The first-order valence-electron chi connectivity index (χ1n) is 7.63. The van der Waals surface area contributed by atoms with Crippen molar-refractivity contribution in [3.63, 3.8) is 0 Å². The lowest BCUT2D eigenvalue weighted by molar-refractivity contribution is -0.128. The van der Waals surface area contributed by atoms with Gasteiger partial charge in [0, 0.05) is 31.7 Å². The summed E-state index contributed by atoms with van der Waals surface area (Å²) in [5.41, 5.74) is 1.33. The van der Waals surface area contributed by atoms with Gasteiger partial charge in [0.2, 0.25) is 0 Å². The molecule has 0 amide bonds. The largest absolute Gasteiger partial charge is 0.314 e. The molecule has 4 saturated carbocycles. The first-order valence-corrected chi connectivity index (χ1v) is 7.63. The zero-order chi connectivity index (χ0) is 11.5. The van der Waals surface area contributed by atoms with E-state index in [1.54, 1.807) is 6.42 Å². The van der Waals surface area contributed by atoms with Gasteiger partial charge in [0.1, 0.15) is 0 Å². The van der Waals surface area contributed by atoms with Crippen molar-refractivity contribution >= 4 is 0 Å². The van der Waals surface area contributed by atoms with Crippen LogP contribution in [0.1, 0.15) is 45.4 Å². The molecule has 2 atom stereocenters. The predicted octanol–water partition coefficient (Wildman–Crippen LogP) is 2.25. The fourth-order valence-electron chi connectivity index (χ4n) is 6.18. The SMILES string of the molecule is CC12C[C@@H]3C[C@@H](C1)CC(N1CCNCC1)(C3)C2. The Balaban J connectivity index is 1.64. The molecular formula is C15H26N2. The highest BCUT2D eigenvalue weighted by atomic mass is 15.2. The lowest BCUT2D eigenvalue weighted by Gasteiger charge is -2.65. The van der Waals surface area contributed by atoms with Crippen LogP contribution >= 0.6 is 0 Å². The van der Waals surface area contributed by atoms with Gasteiger partial charge in [-0.2, -0.15) is 0 Å². The standard InChI is InChI=1S/C15H26N2/c1-14-7-12-6-13(8-14)10-15(9-12,11-14)17-4-2-16-3-5-17/h12-13,16H,2-11H2,1H3/t12-,13-,14?,15?/m0/s1. The lowest BCUT2D eigenvalue weighted by atomic mass is 9.47. The van der Waals surface area contributed by atoms with Crippen LogP contribution in [0.3, 0.4) is 0 Å². The Morgan fingerprint density at radius 3 is 2.24 bits per heavy atom. The van der Waals surface area contributed by atoms with Crippen molar-refractivity contribution in [1.29, 1.82) is 0 Å². The minimum absolute atomic E-state index is 0.626. The first kappa shape index (κ1) is 10.8. The molecule has 17 heavy (non-hydrogen) atoms. The van der Waals surface area contributed by atoms with E-state index in [2.05, 4.69) is 17.1 Å². The van der Waals surface area contributed by atoms with Crippen molar-refractivity contribution in [3.8, 4) is 0 Å². The maximum atomic E-state index is 3.51. The molecular weight excluding hydrogens is 208 g/mol. The van der Waals surface area contributed by atoms with Gasteiger partial charge < -0.3 is 5.32 Å². The molecule has 0 aromatic rings. The van der Waals surface area contributed by atoms with E-state index in [-0.39, 0.29) is 0 Å². The number of nitrogens with zero attached hydrogens (tertiary/aromatic N) is 1. The Morgan fingerprint density at radius 2 is 1.65 bits per heavy atom. The summed E-state index contributed by atoms with van der Waals surface area (Å²) in [5.74, 6) is 2.13. The van der Waals surface area contributed by atoms with Crippen molar-refractivity contribution < 1.29 is 0 Å². The minimum Gasteiger partial charge on any atom is -0.314 e. The van der Waals surface area contributed by atoms with E-state index >= 15 is 0 Å². The predicted molar refractivity (Wildman–Crippen MR) is 70.0 cm³/mol. The third-order valence-electron chi connectivity index (χ3n) is 6.11. The van der Waals surface area contributed by atoms with Crippen LogP contribution in [0.4, 0.5) is 0 Å². The molecule has 4 bridgehead atoms. The molecule has 0 radical (unpaired) electrons. The second-order valence-corrected chi connectivity index (χ2v) is 7.73. The zero-order valence-electron chi connectivity index (χ0n) is 11.2. The monoisotopic (exact) mass is 234 g/mol. The van der Waals surface area contributed by atoms with Crippen LogP contribution in [-0.4, -0.2) is 36.6 Å². The van der Waals surface area contributed by atoms with Gasteiger partial charge in [0.25, 0.3) is 0 Å².